The quantitative estimate of drug-likeness (QED) is 0.345. The summed E-state index contributed by atoms with van der Waals surface area (Å²) in [6.07, 6.45) is 0. The molecule has 0 unspecified atom stereocenters. The highest BCUT2D eigenvalue weighted by molar-refractivity contribution is 6.58. The molecule has 0 bridgehead atoms. The average molecular weight is 453 g/mol. The van der Waals surface area contributed by atoms with Crippen LogP contribution in [0.25, 0.3) is 0 Å². The van der Waals surface area contributed by atoms with Gasteiger partial charge in [0.1, 0.15) is 0 Å². The summed E-state index contributed by atoms with van der Waals surface area (Å²) < 4.78 is 0. The predicted molar refractivity (Wildman–Crippen MR) is 143 cm³/mol. The van der Waals surface area contributed by atoms with Crippen LogP contribution in [0.1, 0.15) is 22.3 Å². The number of nitrogens with zero attached hydrogens (tertiary/aromatic N) is 1. The van der Waals surface area contributed by atoms with Crippen molar-refractivity contribution in [2.45, 2.75) is 5.41 Å². The summed E-state index contributed by atoms with van der Waals surface area (Å²) in [7, 11) is -1.49. The number of rotatable bonds is 4. The molecule has 3 nitrogen and oxygen atoms in total. The van der Waals surface area contributed by atoms with Crippen LogP contribution in [0, 0.1) is 0 Å². The van der Waals surface area contributed by atoms with Gasteiger partial charge in [0.2, 0.25) is 0 Å². The fourth-order valence-corrected chi connectivity index (χ4v) is 5.48. The zero-order valence-electron chi connectivity index (χ0n) is 19.1. The lowest BCUT2D eigenvalue weighted by Crippen LogP contribution is -2.37. The molecule has 4 heteroatoms. The van der Waals surface area contributed by atoms with E-state index in [1.165, 1.54) is 22.3 Å². The van der Waals surface area contributed by atoms with Crippen LogP contribution in [-0.4, -0.2) is 17.2 Å². The Kier molecular flexibility index (Phi) is 5.26. The molecule has 0 saturated carbocycles. The molecule has 6 rings (SSSR count). The van der Waals surface area contributed by atoms with Gasteiger partial charge in [-0.3, -0.25) is 0 Å². The third-order valence-electron chi connectivity index (χ3n) is 6.96. The first-order valence-corrected chi connectivity index (χ1v) is 11.8. The molecule has 0 spiro atoms. The molecule has 1 heterocycles. The number of anilines is 3. The Morgan fingerprint density at radius 3 is 1.37 bits per heavy atom. The minimum absolute atomic E-state index is 0.468. The maximum Gasteiger partial charge on any atom is 0.488 e. The van der Waals surface area contributed by atoms with Gasteiger partial charge in [-0.15, -0.1) is 0 Å². The lowest BCUT2D eigenvalue weighted by atomic mass is 9.62. The highest BCUT2D eigenvalue weighted by Gasteiger charge is 2.46. The van der Waals surface area contributed by atoms with E-state index in [2.05, 4.69) is 114 Å². The van der Waals surface area contributed by atoms with E-state index in [0.717, 1.165) is 17.1 Å². The Morgan fingerprint density at radius 1 is 0.486 bits per heavy atom. The summed E-state index contributed by atoms with van der Waals surface area (Å²) in [5, 5.41) is 19.2. The summed E-state index contributed by atoms with van der Waals surface area (Å²) in [6.45, 7) is 0. The molecular weight excluding hydrogens is 429 g/mol. The summed E-state index contributed by atoms with van der Waals surface area (Å²) in [5.41, 5.74) is 7.94. The van der Waals surface area contributed by atoms with E-state index in [4.69, 9.17) is 0 Å². The zero-order valence-corrected chi connectivity index (χ0v) is 19.1. The number of para-hydroxylation sites is 2. The van der Waals surface area contributed by atoms with Gasteiger partial charge in [0.15, 0.2) is 0 Å². The molecule has 5 aromatic carbocycles. The second-order valence-electron chi connectivity index (χ2n) is 8.82. The van der Waals surface area contributed by atoms with Crippen molar-refractivity contribution in [1.82, 2.24) is 0 Å². The number of fused-ring (bicyclic) bond motifs is 2. The number of hydrogen-bond acceptors (Lipinski definition) is 3. The molecule has 0 atom stereocenters. The second-order valence-corrected chi connectivity index (χ2v) is 8.82. The van der Waals surface area contributed by atoms with Crippen LogP contribution in [0.15, 0.2) is 133 Å². The molecule has 0 aromatic heterocycles. The molecule has 0 radical (unpaired) electrons. The van der Waals surface area contributed by atoms with E-state index < -0.39 is 12.5 Å². The fourth-order valence-electron chi connectivity index (χ4n) is 5.48. The van der Waals surface area contributed by atoms with Gasteiger partial charge >= 0.3 is 7.12 Å². The Labute approximate surface area is 205 Å². The lowest BCUT2D eigenvalue weighted by Gasteiger charge is -2.46. The maximum absolute atomic E-state index is 9.60. The van der Waals surface area contributed by atoms with Gasteiger partial charge in [-0.25, -0.2) is 0 Å². The van der Waals surface area contributed by atoms with E-state index in [1.807, 2.05) is 12.1 Å². The van der Waals surface area contributed by atoms with Crippen molar-refractivity contribution in [2.75, 3.05) is 4.90 Å². The molecule has 5 aromatic rings. The summed E-state index contributed by atoms with van der Waals surface area (Å²) in [4.78, 5) is 2.27. The van der Waals surface area contributed by atoms with Crippen molar-refractivity contribution in [3.8, 4) is 0 Å². The van der Waals surface area contributed by atoms with Gasteiger partial charge in [-0.1, -0.05) is 109 Å². The minimum atomic E-state index is -1.49. The van der Waals surface area contributed by atoms with Crippen LogP contribution in [0.4, 0.5) is 17.1 Å². The van der Waals surface area contributed by atoms with Crippen LogP contribution in [-0.2, 0) is 5.41 Å². The number of benzene rings is 5. The van der Waals surface area contributed by atoms with E-state index in [0.29, 0.717) is 5.46 Å². The molecule has 1 aliphatic heterocycles. The smallest absolute Gasteiger partial charge is 0.423 e. The molecule has 0 aliphatic carbocycles. The first-order valence-electron chi connectivity index (χ1n) is 11.8. The van der Waals surface area contributed by atoms with Gasteiger partial charge in [-0.2, -0.15) is 0 Å². The Bertz CT molecular complexity index is 1380. The Hall–Kier alpha value is -4.12. The Balaban J connectivity index is 1.70. The summed E-state index contributed by atoms with van der Waals surface area (Å²) in [5.74, 6) is 0. The van der Waals surface area contributed by atoms with Crippen molar-refractivity contribution in [1.29, 1.82) is 0 Å². The molecule has 1 aliphatic rings. The van der Waals surface area contributed by atoms with Crippen molar-refractivity contribution in [3.63, 3.8) is 0 Å². The molecule has 0 fully saturated rings. The van der Waals surface area contributed by atoms with Crippen molar-refractivity contribution in [2.24, 2.45) is 0 Å². The monoisotopic (exact) mass is 453 g/mol. The van der Waals surface area contributed by atoms with Crippen molar-refractivity contribution >= 4 is 29.6 Å². The summed E-state index contributed by atoms with van der Waals surface area (Å²) >= 11 is 0. The first-order chi connectivity index (χ1) is 17.2. The predicted octanol–water partition coefficient (Wildman–Crippen LogP) is 5.53. The SMILES string of the molecule is OB(O)c1ccc(N2c3ccccc3C(c3ccccc3)(c3ccccc3)c3ccccc32)cc1. The number of hydrogen-bond donors (Lipinski definition) is 2. The average Bonchev–Trinajstić information content (AvgIpc) is 2.93. The van der Waals surface area contributed by atoms with Crippen LogP contribution in [0.2, 0.25) is 0 Å². The minimum Gasteiger partial charge on any atom is -0.423 e. The molecule has 35 heavy (non-hydrogen) atoms. The van der Waals surface area contributed by atoms with Gasteiger partial charge in [0.05, 0.1) is 16.8 Å². The van der Waals surface area contributed by atoms with Gasteiger partial charge < -0.3 is 14.9 Å². The van der Waals surface area contributed by atoms with Crippen LogP contribution in [0.5, 0.6) is 0 Å². The Morgan fingerprint density at radius 2 is 0.914 bits per heavy atom. The zero-order chi connectivity index (χ0) is 23.8. The molecule has 0 amide bonds. The lowest BCUT2D eigenvalue weighted by molar-refractivity contribution is 0.426. The highest BCUT2D eigenvalue weighted by Crippen LogP contribution is 2.57. The van der Waals surface area contributed by atoms with E-state index >= 15 is 0 Å². The third kappa shape index (κ3) is 3.30. The largest absolute Gasteiger partial charge is 0.488 e. The van der Waals surface area contributed by atoms with Crippen LogP contribution < -0.4 is 10.4 Å². The standard InChI is InChI=1S/C31H24BNO2/c34-32(35)25-19-21-26(22-20-25)33-29-17-9-7-15-27(29)31(23-11-3-1-4-12-23,24-13-5-2-6-14-24)28-16-8-10-18-30(28)33/h1-22,34-35H. The molecule has 168 valence electrons. The normalized spacial score (nSPS) is 13.6. The molecular formula is C31H24BNO2. The van der Waals surface area contributed by atoms with Crippen molar-refractivity contribution in [3.05, 3.63) is 156 Å². The topological polar surface area (TPSA) is 43.7 Å². The van der Waals surface area contributed by atoms with E-state index in [-0.39, 0.29) is 0 Å². The third-order valence-corrected chi connectivity index (χ3v) is 6.96. The summed E-state index contributed by atoms with van der Waals surface area (Å²) in [6, 6.07) is 46.0. The second kappa shape index (κ2) is 8.59. The maximum atomic E-state index is 9.60. The molecule has 2 N–H and O–H groups in total. The van der Waals surface area contributed by atoms with E-state index in [1.54, 1.807) is 12.1 Å². The van der Waals surface area contributed by atoms with Gasteiger partial charge in [0.25, 0.3) is 0 Å². The first kappa shape index (κ1) is 21.4. The van der Waals surface area contributed by atoms with Crippen molar-refractivity contribution < 1.29 is 10.0 Å². The van der Waals surface area contributed by atoms with E-state index in [9.17, 15) is 10.0 Å². The van der Waals surface area contributed by atoms with Gasteiger partial charge in [-0.05, 0) is 52.0 Å². The van der Waals surface area contributed by atoms with Crippen LogP contribution >= 0.6 is 0 Å². The fraction of sp³-hybridized carbons (Fsp3) is 0.0323. The highest BCUT2D eigenvalue weighted by atomic mass is 16.4. The molecule has 0 saturated heterocycles. The van der Waals surface area contributed by atoms with Gasteiger partial charge in [0, 0.05) is 5.69 Å². The van der Waals surface area contributed by atoms with Crippen LogP contribution in [0.3, 0.4) is 0 Å².